The lowest BCUT2D eigenvalue weighted by atomic mass is 10.2. The van der Waals surface area contributed by atoms with E-state index < -0.39 is 24.1 Å². The number of carbonyl (C=O) groups is 2. The maximum Gasteiger partial charge on any atom is 0.334 e. The SMILES string of the molecule is CC(O)C(=O)OCc1ccccc1.C[C@H](O)C(=O)OCc1ccccc1. The van der Waals surface area contributed by atoms with Crippen LogP contribution in [0.25, 0.3) is 0 Å². The molecular formula is C20H24O6. The van der Waals surface area contributed by atoms with E-state index in [4.69, 9.17) is 19.7 Å². The van der Waals surface area contributed by atoms with Crippen molar-refractivity contribution in [3.05, 3.63) is 71.8 Å². The lowest BCUT2D eigenvalue weighted by molar-refractivity contribution is -0.154. The number of aliphatic hydroxyl groups is 2. The van der Waals surface area contributed by atoms with Crippen LogP contribution in [-0.4, -0.2) is 34.4 Å². The van der Waals surface area contributed by atoms with Crippen molar-refractivity contribution in [1.29, 1.82) is 0 Å². The summed E-state index contributed by atoms with van der Waals surface area (Å²) in [5.74, 6) is -1.19. The first-order valence-corrected chi connectivity index (χ1v) is 8.17. The summed E-state index contributed by atoms with van der Waals surface area (Å²) >= 11 is 0. The second-order valence-corrected chi connectivity index (χ2v) is 5.54. The zero-order valence-corrected chi connectivity index (χ0v) is 14.9. The van der Waals surface area contributed by atoms with Crippen molar-refractivity contribution in [2.75, 3.05) is 0 Å². The van der Waals surface area contributed by atoms with Crippen molar-refractivity contribution in [2.24, 2.45) is 0 Å². The number of ether oxygens (including phenoxy) is 2. The fourth-order valence-electron chi connectivity index (χ4n) is 1.70. The fraction of sp³-hybridized carbons (Fsp3) is 0.300. The van der Waals surface area contributed by atoms with E-state index in [-0.39, 0.29) is 13.2 Å². The molecule has 0 heterocycles. The van der Waals surface area contributed by atoms with Crippen molar-refractivity contribution in [3.8, 4) is 0 Å². The van der Waals surface area contributed by atoms with Gasteiger partial charge in [-0.25, -0.2) is 9.59 Å². The summed E-state index contributed by atoms with van der Waals surface area (Å²) in [5, 5.41) is 17.6. The number of carbonyl (C=O) groups excluding carboxylic acids is 2. The molecule has 2 atom stereocenters. The number of esters is 2. The van der Waals surface area contributed by atoms with Crippen LogP contribution in [0.2, 0.25) is 0 Å². The van der Waals surface area contributed by atoms with Crippen LogP contribution < -0.4 is 0 Å². The minimum atomic E-state index is -1.05. The Bertz CT molecular complexity index is 593. The van der Waals surface area contributed by atoms with E-state index in [1.807, 2.05) is 60.7 Å². The topological polar surface area (TPSA) is 93.1 Å². The Morgan fingerprint density at radius 2 is 1.04 bits per heavy atom. The number of rotatable bonds is 6. The molecule has 0 aliphatic carbocycles. The van der Waals surface area contributed by atoms with E-state index in [1.54, 1.807) is 0 Å². The van der Waals surface area contributed by atoms with Crippen LogP contribution in [0.1, 0.15) is 25.0 Å². The van der Waals surface area contributed by atoms with E-state index >= 15 is 0 Å². The monoisotopic (exact) mass is 360 g/mol. The molecule has 6 heteroatoms. The average Bonchev–Trinajstić information content (AvgIpc) is 2.66. The minimum Gasteiger partial charge on any atom is -0.459 e. The molecular weight excluding hydrogens is 336 g/mol. The first kappa shape index (κ1) is 21.3. The molecule has 0 aliphatic heterocycles. The molecule has 0 saturated heterocycles. The zero-order chi connectivity index (χ0) is 19.4. The summed E-state index contributed by atoms with van der Waals surface area (Å²) in [5.41, 5.74) is 1.83. The molecule has 2 rings (SSSR count). The lowest BCUT2D eigenvalue weighted by Gasteiger charge is -2.05. The molecule has 0 bridgehead atoms. The Labute approximate surface area is 153 Å². The minimum absolute atomic E-state index is 0.213. The second-order valence-electron chi connectivity index (χ2n) is 5.54. The Balaban J connectivity index is 0.000000260. The molecule has 0 aliphatic rings. The quantitative estimate of drug-likeness (QED) is 0.768. The van der Waals surface area contributed by atoms with Gasteiger partial charge in [0.15, 0.2) is 0 Å². The van der Waals surface area contributed by atoms with Gasteiger partial charge in [0.1, 0.15) is 25.4 Å². The van der Waals surface area contributed by atoms with Gasteiger partial charge < -0.3 is 19.7 Å². The Hall–Kier alpha value is -2.70. The van der Waals surface area contributed by atoms with Crippen LogP contribution in [0.3, 0.4) is 0 Å². The molecule has 0 aromatic heterocycles. The summed E-state index contributed by atoms with van der Waals surface area (Å²) in [6.07, 6.45) is -2.10. The summed E-state index contributed by atoms with van der Waals surface area (Å²) in [6.45, 7) is 3.19. The summed E-state index contributed by atoms with van der Waals surface area (Å²) in [6, 6.07) is 18.7. The van der Waals surface area contributed by atoms with Crippen molar-refractivity contribution in [1.82, 2.24) is 0 Å². The van der Waals surface area contributed by atoms with Gasteiger partial charge in [-0.2, -0.15) is 0 Å². The first-order chi connectivity index (χ1) is 12.4. The molecule has 26 heavy (non-hydrogen) atoms. The van der Waals surface area contributed by atoms with E-state index in [0.717, 1.165) is 11.1 Å². The maximum absolute atomic E-state index is 10.8. The normalized spacial score (nSPS) is 12.2. The maximum atomic E-state index is 10.8. The summed E-state index contributed by atoms with van der Waals surface area (Å²) in [4.78, 5) is 21.7. The van der Waals surface area contributed by atoms with Crippen molar-refractivity contribution in [2.45, 2.75) is 39.3 Å². The van der Waals surface area contributed by atoms with E-state index in [9.17, 15) is 9.59 Å². The largest absolute Gasteiger partial charge is 0.459 e. The Morgan fingerprint density at radius 3 is 1.31 bits per heavy atom. The van der Waals surface area contributed by atoms with E-state index in [0.29, 0.717) is 0 Å². The number of hydrogen-bond donors (Lipinski definition) is 2. The first-order valence-electron chi connectivity index (χ1n) is 8.17. The van der Waals surface area contributed by atoms with Crippen molar-refractivity contribution >= 4 is 11.9 Å². The van der Waals surface area contributed by atoms with Gasteiger partial charge >= 0.3 is 11.9 Å². The van der Waals surface area contributed by atoms with Gasteiger partial charge in [-0.1, -0.05) is 60.7 Å². The number of benzene rings is 2. The van der Waals surface area contributed by atoms with Gasteiger partial charge in [-0.05, 0) is 25.0 Å². The van der Waals surface area contributed by atoms with Crippen LogP contribution in [0, 0.1) is 0 Å². The van der Waals surface area contributed by atoms with Crippen molar-refractivity contribution < 1.29 is 29.3 Å². The van der Waals surface area contributed by atoms with Crippen LogP contribution in [-0.2, 0) is 32.3 Å². The smallest absolute Gasteiger partial charge is 0.334 e. The molecule has 0 spiro atoms. The van der Waals surface area contributed by atoms with Gasteiger partial charge in [0.2, 0.25) is 0 Å². The molecule has 6 nitrogen and oxygen atoms in total. The van der Waals surface area contributed by atoms with Gasteiger partial charge in [-0.3, -0.25) is 0 Å². The van der Waals surface area contributed by atoms with Crippen molar-refractivity contribution in [3.63, 3.8) is 0 Å². The van der Waals surface area contributed by atoms with Crippen LogP contribution in [0.15, 0.2) is 60.7 Å². The fourth-order valence-corrected chi connectivity index (χ4v) is 1.70. The van der Waals surface area contributed by atoms with Gasteiger partial charge in [0, 0.05) is 0 Å². The Kier molecular flexibility index (Phi) is 9.67. The lowest BCUT2D eigenvalue weighted by Crippen LogP contribution is -2.18. The number of hydrogen-bond acceptors (Lipinski definition) is 6. The molecule has 0 amide bonds. The zero-order valence-electron chi connectivity index (χ0n) is 14.9. The molecule has 0 saturated carbocycles. The summed E-state index contributed by atoms with van der Waals surface area (Å²) < 4.78 is 9.60. The molecule has 140 valence electrons. The molecule has 2 aromatic carbocycles. The predicted molar refractivity (Wildman–Crippen MR) is 95.8 cm³/mol. The summed E-state index contributed by atoms with van der Waals surface area (Å²) in [7, 11) is 0. The van der Waals surface area contributed by atoms with Gasteiger partial charge in [-0.15, -0.1) is 0 Å². The molecule has 0 radical (unpaired) electrons. The highest BCUT2D eigenvalue weighted by Crippen LogP contribution is 2.02. The third-order valence-corrected chi connectivity index (χ3v) is 3.13. The van der Waals surface area contributed by atoms with Crippen LogP contribution in [0.4, 0.5) is 0 Å². The average molecular weight is 360 g/mol. The second kappa shape index (κ2) is 11.8. The molecule has 2 N–H and O–H groups in total. The Morgan fingerprint density at radius 1 is 0.731 bits per heavy atom. The number of aliphatic hydroxyl groups excluding tert-OH is 2. The standard InChI is InChI=1S/2C10H12O3/c2*1-8(11)10(12)13-7-9-5-3-2-4-6-9/h2*2-6,8,11H,7H2,1H3/t8-;/m0./s1. The molecule has 0 fully saturated rings. The predicted octanol–water partition coefficient (Wildman–Crippen LogP) is 2.22. The highest BCUT2D eigenvalue weighted by Gasteiger charge is 2.10. The van der Waals surface area contributed by atoms with E-state index in [1.165, 1.54) is 13.8 Å². The highest BCUT2D eigenvalue weighted by atomic mass is 16.5. The van der Waals surface area contributed by atoms with E-state index in [2.05, 4.69) is 0 Å². The van der Waals surface area contributed by atoms with Gasteiger partial charge in [0.05, 0.1) is 0 Å². The van der Waals surface area contributed by atoms with Crippen LogP contribution >= 0.6 is 0 Å². The van der Waals surface area contributed by atoms with Gasteiger partial charge in [0.25, 0.3) is 0 Å². The molecule has 1 unspecified atom stereocenters. The third-order valence-electron chi connectivity index (χ3n) is 3.13. The molecule has 2 aromatic rings. The highest BCUT2D eigenvalue weighted by molar-refractivity contribution is 5.74. The third kappa shape index (κ3) is 8.96. The van der Waals surface area contributed by atoms with Crippen LogP contribution in [0.5, 0.6) is 0 Å².